The third-order valence-corrected chi connectivity index (χ3v) is 7.17. The van der Waals surface area contributed by atoms with E-state index in [0.29, 0.717) is 12.1 Å². The lowest BCUT2D eigenvalue weighted by molar-refractivity contribution is -0.141. The maximum absolute atomic E-state index is 11.1. The highest BCUT2D eigenvalue weighted by molar-refractivity contribution is 5.70. The molecule has 0 radical (unpaired) electrons. The third kappa shape index (κ3) is 5.88. The molecule has 0 heterocycles. The Bertz CT molecular complexity index is 855. The van der Waals surface area contributed by atoms with Crippen molar-refractivity contribution in [3.05, 3.63) is 54.1 Å². The van der Waals surface area contributed by atoms with Crippen molar-refractivity contribution in [1.29, 1.82) is 0 Å². The van der Waals surface area contributed by atoms with Gasteiger partial charge in [-0.15, -0.1) is 0 Å². The Morgan fingerprint density at radius 1 is 1.00 bits per heavy atom. The SMILES string of the molecule is CCC1CCC(Oc2ccc(-c3cccc(CNC4CCC(C(=O)O)C4)c3)cc2)CC1. The highest BCUT2D eigenvalue weighted by atomic mass is 16.5. The maximum atomic E-state index is 11.1. The number of rotatable bonds is 8. The molecule has 0 bridgehead atoms. The van der Waals surface area contributed by atoms with E-state index >= 15 is 0 Å². The van der Waals surface area contributed by atoms with Gasteiger partial charge in [0.25, 0.3) is 0 Å². The Hall–Kier alpha value is -2.33. The minimum Gasteiger partial charge on any atom is -0.490 e. The molecule has 2 aliphatic rings. The van der Waals surface area contributed by atoms with Crippen LogP contribution in [0.15, 0.2) is 48.5 Å². The summed E-state index contributed by atoms with van der Waals surface area (Å²) in [5.74, 6) is 1.01. The molecule has 2 saturated carbocycles. The molecule has 4 rings (SSSR count). The van der Waals surface area contributed by atoms with Crippen LogP contribution < -0.4 is 10.1 Å². The van der Waals surface area contributed by atoms with Gasteiger partial charge in [-0.05, 0) is 85.8 Å². The fourth-order valence-corrected chi connectivity index (χ4v) is 5.09. The summed E-state index contributed by atoms with van der Waals surface area (Å²) < 4.78 is 6.23. The predicted molar refractivity (Wildman–Crippen MR) is 124 cm³/mol. The van der Waals surface area contributed by atoms with E-state index in [-0.39, 0.29) is 5.92 Å². The number of carboxylic acid groups (broad SMARTS) is 1. The van der Waals surface area contributed by atoms with Gasteiger partial charge in [-0.3, -0.25) is 4.79 Å². The molecule has 4 heteroatoms. The molecule has 2 atom stereocenters. The molecule has 2 aliphatic carbocycles. The van der Waals surface area contributed by atoms with E-state index in [4.69, 9.17) is 4.74 Å². The van der Waals surface area contributed by atoms with E-state index in [1.807, 2.05) is 0 Å². The van der Waals surface area contributed by atoms with Crippen LogP contribution in [0.3, 0.4) is 0 Å². The first kappa shape index (κ1) is 21.9. The molecule has 2 unspecified atom stereocenters. The molecule has 2 fully saturated rings. The minimum absolute atomic E-state index is 0.189. The molecule has 0 saturated heterocycles. The topological polar surface area (TPSA) is 58.6 Å². The molecule has 166 valence electrons. The molecule has 0 aromatic heterocycles. The van der Waals surface area contributed by atoms with Crippen molar-refractivity contribution in [3.8, 4) is 16.9 Å². The summed E-state index contributed by atoms with van der Waals surface area (Å²) in [6.07, 6.45) is 9.03. The summed E-state index contributed by atoms with van der Waals surface area (Å²) >= 11 is 0. The Kier molecular flexibility index (Phi) is 7.29. The van der Waals surface area contributed by atoms with Gasteiger partial charge in [0, 0.05) is 12.6 Å². The van der Waals surface area contributed by atoms with Crippen LogP contribution >= 0.6 is 0 Å². The highest BCUT2D eigenvalue weighted by Crippen LogP contribution is 2.31. The van der Waals surface area contributed by atoms with Crippen molar-refractivity contribution >= 4 is 5.97 Å². The number of benzene rings is 2. The van der Waals surface area contributed by atoms with Crippen molar-refractivity contribution in [2.45, 2.75) is 77.0 Å². The van der Waals surface area contributed by atoms with E-state index in [1.54, 1.807) is 0 Å². The van der Waals surface area contributed by atoms with E-state index in [9.17, 15) is 9.90 Å². The lowest BCUT2D eigenvalue weighted by Crippen LogP contribution is -2.26. The molecule has 2 N–H and O–H groups in total. The summed E-state index contributed by atoms with van der Waals surface area (Å²) in [6.45, 7) is 3.06. The number of aliphatic carboxylic acids is 1. The second-order valence-electron chi connectivity index (χ2n) is 9.32. The highest BCUT2D eigenvalue weighted by Gasteiger charge is 2.29. The minimum atomic E-state index is -0.660. The van der Waals surface area contributed by atoms with Gasteiger partial charge >= 0.3 is 5.97 Å². The van der Waals surface area contributed by atoms with E-state index < -0.39 is 5.97 Å². The van der Waals surface area contributed by atoms with Gasteiger partial charge in [0.1, 0.15) is 5.75 Å². The number of nitrogens with one attached hydrogen (secondary N) is 1. The van der Waals surface area contributed by atoms with Gasteiger partial charge in [-0.25, -0.2) is 0 Å². The van der Waals surface area contributed by atoms with Gasteiger partial charge in [-0.1, -0.05) is 43.7 Å². The molecule has 0 amide bonds. The molecule has 0 aliphatic heterocycles. The lowest BCUT2D eigenvalue weighted by atomic mass is 9.86. The molecule has 2 aromatic rings. The third-order valence-electron chi connectivity index (χ3n) is 7.17. The van der Waals surface area contributed by atoms with Crippen molar-refractivity contribution in [2.24, 2.45) is 11.8 Å². The molecule has 0 spiro atoms. The zero-order chi connectivity index (χ0) is 21.6. The Morgan fingerprint density at radius 2 is 1.77 bits per heavy atom. The zero-order valence-corrected chi connectivity index (χ0v) is 18.6. The van der Waals surface area contributed by atoms with E-state index in [0.717, 1.165) is 37.5 Å². The Morgan fingerprint density at radius 3 is 2.45 bits per heavy atom. The average Bonchev–Trinajstić information content (AvgIpc) is 3.29. The fraction of sp³-hybridized carbons (Fsp3) is 0.519. The van der Waals surface area contributed by atoms with Gasteiger partial charge in [0.15, 0.2) is 0 Å². The fourth-order valence-electron chi connectivity index (χ4n) is 5.09. The van der Waals surface area contributed by atoms with Crippen molar-refractivity contribution < 1.29 is 14.6 Å². The van der Waals surface area contributed by atoms with Crippen molar-refractivity contribution in [1.82, 2.24) is 5.32 Å². The molecule has 31 heavy (non-hydrogen) atoms. The van der Waals surface area contributed by atoms with E-state index in [1.165, 1.54) is 48.8 Å². The first-order chi connectivity index (χ1) is 15.1. The normalized spacial score (nSPS) is 26.0. The Labute approximate surface area is 186 Å². The van der Waals surface area contributed by atoms with Gasteiger partial charge < -0.3 is 15.2 Å². The summed E-state index contributed by atoms with van der Waals surface area (Å²) in [5, 5.41) is 12.7. The number of carboxylic acids is 1. The molecule has 2 aromatic carbocycles. The summed E-state index contributed by atoms with van der Waals surface area (Å²) in [5.41, 5.74) is 3.61. The lowest BCUT2D eigenvalue weighted by Gasteiger charge is -2.28. The summed E-state index contributed by atoms with van der Waals surface area (Å²) in [4.78, 5) is 11.1. The molecular weight excluding hydrogens is 386 g/mol. The van der Waals surface area contributed by atoms with Crippen LogP contribution in [0, 0.1) is 11.8 Å². The number of carbonyl (C=O) groups is 1. The number of hydrogen-bond acceptors (Lipinski definition) is 3. The van der Waals surface area contributed by atoms with Crippen LogP contribution in [0.2, 0.25) is 0 Å². The van der Waals surface area contributed by atoms with Gasteiger partial charge in [0.05, 0.1) is 12.0 Å². The van der Waals surface area contributed by atoms with Crippen LogP contribution in [0.5, 0.6) is 5.75 Å². The molecular formula is C27H35NO3. The van der Waals surface area contributed by atoms with Crippen LogP contribution in [0.1, 0.15) is 63.9 Å². The van der Waals surface area contributed by atoms with Crippen LogP contribution in [0.4, 0.5) is 0 Å². The predicted octanol–water partition coefficient (Wildman–Crippen LogP) is 6.04. The quantitative estimate of drug-likeness (QED) is 0.545. The average molecular weight is 422 g/mol. The largest absolute Gasteiger partial charge is 0.490 e. The van der Waals surface area contributed by atoms with Crippen LogP contribution in [-0.2, 0) is 11.3 Å². The second kappa shape index (κ2) is 10.3. The maximum Gasteiger partial charge on any atom is 0.306 e. The first-order valence-electron chi connectivity index (χ1n) is 11.9. The monoisotopic (exact) mass is 421 g/mol. The Balaban J connectivity index is 1.31. The van der Waals surface area contributed by atoms with E-state index in [2.05, 4.69) is 60.8 Å². The second-order valence-corrected chi connectivity index (χ2v) is 9.32. The van der Waals surface area contributed by atoms with Crippen molar-refractivity contribution in [2.75, 3.05) is 0 Å². The zero-order valence-electron chi connectivity index (χ0n) is 18.6. The van der Waals surface area contributed by atoms with Crippen LogP contribution in [-0.4, -0.2) is 23.2 Å². The summed E-state index contributed by atoms with van der Waals surface area (Å²) in [7, 11) is 0. The number of hydrogen-bond donors (Lipinski definition) is 2. The van der Waals surface area contributed by atoms with Crippen molar-refractivity contribution in [3.63, 3.8) is 0 Å². The summed E-state index contributed by atoms with van der Waals surface area (Å²) in [6, 6.07) is 17.4. The standard InChI is InChI=1S/C27H35NO3/c1-2-19-6-12-25(13-7-19)31-26-14-9-21(10-15-26)22-5-3-4-20(16-22)18-28-24-11-8-23(17-24)27(29)30/h3-5,9-10,14-16,19,23-25,28H,2,6-8,11-13,17-18H2,1H3,(H,29,30). The van der Waals surface area contributed by atoms with Gasteiger partial charge in [0.2, 0.25) is 0 Å². The first-order valence-corrected chi connectivity index (χ1v) is 11.9. The smallest absolute Gasteiger partial charge is 0.306 e. The van der Waals surface area contributed by atoms with Crippen LogP contribution in [0.25, 0.3) is 11.1 Å². The van der Waals surface area contributed by atoms with Gasteiger partial charge in [-0.2, -0.15) is 0 Å². The number of ether oxygens (including phenoxy) is 1. The molecule has 4 nitrogen and oxygen atoms in total.